The summed E-state index contributed by atoms with van der Waals surface area (Å²) in [6, 6.07) is 0.0336. The van der Waals surface area contributed by atoms with Crippen molar-refractivity contribution in [1.82, 2.24) is 10.2 Å². The highest BCUT2D eigenvalue weighted by Gasteiger charge is 2.21. The lowest BCUT2D eigenvalue weighted by molar-refractivity contribution is -0.120. The molecule has 5 nitrogen and oxygen atoms in total. The maximum Gasteiger partial charge on any atom is 0.231 e. The number of amides is 1. The van der Waals surface area contributed by atoms with Crippen LogP contribution >= 0.6 is 0 Å². The Balaban J connectivity index is 2.41. The van der Waals surface area contributed by atoms with Crippen LogP contribution in [-0.2, 0) is 4.79 Å². The molecule has 0 aliphatic carbocycles. The number of hydrogen-bond acceptors (Lipinski definition) is 4. The number of nitrogens with one attached hydrogen (secondary N) is 1. The molecular weight excluding hydrogens is 158 g/mol. The van der Waals surface area contributed by atoms with Crippen LogP contribution in [0.25, 0.3) is 0 Å². The number of aliphatic hydroxyl groups is 1. The smallest absolute Gasteiger partial charge is 0.231 e. The van der Waals surface area contributed by atoms with E-state index in [1.807, 2.05) is 4.90 Å². The second-order valence-electron chi connectivity index (χ2n) is 2.98. The zero-order valence-electron chi connectivity index (χ0n) is 6.99. The molecule has 0 aromatic carbocycles. The van der Waals surface area contributed by atoms with E-state index in [0.717, 1.165) is 19.6 Å². The van der Waals surface area contributed by atoms with E-state index in [1.54, 1.807) is 0 Å². The van der Waals surface area contributed by atoms with Crippen molar-refractivity contribution in [3.05, 3.63) is 0 Å². The van der Waals surface area contributed by atoms with Crippen LogP contribution in [0.1, 0.15) is 0 Å². The van der Waals surface area contributed by atoms with E-state index in [4.69, 9.17) is 10.8 Å². The average Bonchev–Trinajstić information content (AvgIpc) is 2.04. The van der Waals surface area contributed by atoms with Crippen molar-refractivity contribution < 1.29 is 9.90 Å². The Hall–Kier alpha value is -0.650. The molecule has 0 bridgehead atoms. The van der Waals surface area contributed by atoms with Gasteiger partial charge in [-0.1, -0.05) is 0 Å². The van der Waals surface area contributed by atoms with E-state index in [1.165, 1.54) is 0 Å². The first-order valence-electron chi connectivity index (χ1n) is 4.08. The molecule has 12 heavy (non-hydrogen) atoms. The molecule has 0 radical (unpaired) electrons. The lowest BCUT2D eigenvalue weighted by Gasteiger charge is -2.33. The van der Waals surface area contributed by atoms with Gasteiger partial charge >= 0.3 is 0 Å². The SMILES string of the molecule is NC(=O)CN1CCNCC1CO. The van der Waals surface area contributed by atoms with Crippen LogP contribution in [0.15, 0.2) is 0 Å². The van der Waals surface area contributed by atoms with Gasteiger partial charge in [0.1, 0.15) is 0 Å². The van der Waals surface area contributed by atoms with Crippen molar-refractivity contribution in [2.24, 2.45) is 5.73 Å². The molecule has 1 unspecified atom stereocenters. The molecule has 70 valence electrons. The van der Waals surface area contributed by atoms with E-state index >= 15 is 0 Å². The maximum atomic E-state index is 10.6. The van der Waals surface area contributed by atoms with Gasteiger partial charge in [-0.05, 0) is 0 Å². The summed E-state index contributed by atoms with van der Waals surface area (Å²) in [6.45, 7) is 2.66. The highest BCUT2D eigenvalue weighted by atomic mass is 16.3. The van der Waals surface area contributed by atoms with Crippen LogP contribution in [0, 0.1) is 0 Å². The van der Waals surface area contributed by atoms with Crippen LogP contribution in [0.3, 0.4) is 0 Å². The van der Waals surface area contributed by atoms with Crippen molar-refractivity contribution >= 4 is 5.91 Å². The van der Waals surface area contributed by atoms with Crippen LogP contribution in [0.5, 0.6) is 0 Å². The summed E-state index contributed by atoms with van der Waals surface area (Å²) < 4.78 is 0. The Morgan fingerprint density at radius 3 is 3.08 bits per heavy atom. The summed E-state index contributed by atoms with van der Waals surface area (Å²) in [5.41, 5.74) is 5.06. The van der Waals surface area contributed by atoms with Crippen LogP contribution in [0.2, 0.25) is 0 Å². The van der Waals surface area contributed by atoms with Crippen molar-refractivity contribution in [3.8, 4) is 0 Å². The lowest BCUT2D eigenvalue weighted by Crippen LogP contribution is -2.54. The molecule has 4 N–H and O–H groups in total. The van der Waals surface area contributed by atoms with Crippen LogP contribution in [0.4, 0.5) is 0 Å². The molecule has 1 heterocycles. The summed E-state index contributed by atoms with van der Waals surface area (Å²) >= 11 is 0. The third kappa shape index (κ3) is 2.44. The third-order valence-electron chi connectivity index (χ3n) is 2.04. The van der Waals surface area contributed by atoms with Gasteiger partial charge in [0.2, 0.25) is 5.91 Å². The number of piperazine rings is 1. The van der Waals surface area contributed by atoms with Crippen molar-refractivity contribution in [2.45, 2.75) is 6.04 Å². The predicted molar refractivity (Wildman–Crippen MR) is 44.5 cm³/mol. The molecule has 1 saturated heterocycles. The van der Waals surface area contributed by atoms with E-state index in [0.29, 0.717) is 0 Å². The fraction of sp³-hybridized carbons (Fsp3) is 0.857. The molecule has 1 aliphatic heterocycles. The normalized spacial score (nSPS) is 25.6. The van der Waals surface area contributed by atoms with Crippen LogP contribution in [-0.4, -0.2) is 54.7 Å². The van der Waals surface area contributed by atoms with Crippen molar-refractivity contribution in [3.63, 3.8) is 0 Å². The van der Waals surface area contributed by atoms with Gasteiger partial charge in [0.05, 0.1) is 13.2 Å². The minimum Gasteiger partial charge on any atom is -0.395 e. The lowest BCUT2D eigenvalue weighted by atomic mass is 10.2. The summed E-state index contributed by atoms with van der Waals surface area (Å²) in [6.07, 6.45) is 0. The van der Waals surface area contributed by atoms with Gasteiger partial charge in [-0.2, -0.15) is 0 Å². The number of carbonyl (C=O) groups excluding carboxylic acids is 1. The first kappa shape index (κ1) is 9.44. The summed E-state index contributed by atoms with van der Waals surface area (Å²) in [5.74, 6) is -0.338. The van der Waals surface area contributed by atoms with E-state index in [2.05, 4.69) is 5.32 Å². The molecule has 5 heteroatoms. The number of nitrogens with zero attached hydrogens (tertiary/aromatic N) is 1. The Labute approximate surface area is 71.5 Å². The zero-order chi connectivity index (χ0) is 8.97. The number of rotatable bonds is 3. The van der Waals surface area contributed by atoms with Gasteiger partial charge in [0.25, 0.3) is 0 Å². The molecule has 1 atom stereocenters. The molecule has 1 fully saturated rings. The third-order valence-corrected chi connectivity index (χ3v) is 2.04. The summed E-state index contributed by atoms with van der Waals surface area (Å²) in [7, 11) is 0. The minimum atomic E-state index is -0.338. The Kier molecular flexibility index (Phi) is 3.46. The predicted octanol–water partition coefficient (Wildman–Crippen LogP) is -2.26. The molecule has 1 amide bonds. The Morgan fingerprint density at radius 1 is 1.75 bits per heavy atom. The maximum absolute atomic E-state index is 10.6. The molecule has 0 saturated carbocycles. The largest absolute Gasteiger partial charge is 0.395 e. The first-order chi connectivity index (χ1) is 5.74. The van der Waals surface area contributed by atoms with E-state index in [9.17, 15) is 4.79 Å². The van der Waals surface area contributed by atoms with Crippen LogP contribution < -0.4 is 11.1 Å². The number of hydrogen-bond donors (Lipinski definition) is 3. The van der Waals surface area contributed by atoms with Crippen molar-refractivity contribution in [1.29, 1.82) is 0 Å². The van der Waals surface area contributed by atoms with Gasteiger partial charge in [0, 0.05) is 25.7 Å². The molecule has 0 aromatic heterocycles. The molecule has 1 aliphatic rings. The number of carbonyl (C=O) groups is 1. The molecular formula is C7H15N3O2. The second kappa shape index (κ2) is 4.39. The molecule has 1 rings (SSSR count). The van der Waals surface area contributed by atoms with Gasteiger partial charge in [-0.15, -0.1) is 0 Å². The second-order valence-corrected chi connectivity index (χ2v) is 2.98. The Morgan fingerprint density at radius 2 is 2.50 bits per heavy atom. The van der Waals surface area contributed by atoms with E-state index in [-0.39, 0.29) is 25.1 Å². The minimum absolute atomic E-state index is 0.0336. The first-order valence-corrected chi connectivity index (χ1v) is 4.08. The summed E-state index contributed by atoms with van der Waals surface area (Å²) in [4.78, 5) is 12.5. The number of primary amides is 1. The number of aliphatic hydroxyl groups excluding tert-OH is 1. The average molecular weight is 173 g/mol. The monoisotopic (exact) mass is 173 g/mol. The van der Waals surface area contributed by atoms with Gasteiger partial charge in [-0.3, -0.25) is 9.69 Å². The fourth-order valence-corrected chi connectivity index (χ4v) is 1.39. The molecule has 0 aromatic rings. The standard InChI is InChI=1S/C7H15N3O2/c8-7(12)4-10-2-1-9-3-6(10)5-11/h6,9,11H,1-5H2,(H2,8,12). The highest BCUT2D eigenvalue weighted by Crippen LogP contribution is 2.00. The fourth-order valence-electron chi connectivity index (χ4n) is 1.39. The summed E-state index contributed by atoms with van der Waals surface area (Å²) in [5, 5.41) is 12.1. The van der Waals surface area contributed by atoms with E-state index < -0.39 is 0 Å². The zero-order valence-corrected chi connectivity index (χ0v) is 6.99. The topological polar surface area (TPSA) is 78.6 Å². The number of nitrogens with two attached hydrogens (primary N) is 1. The highest BCUT2D eigenvalue weighted by molar-refractivity contribution is 5.75. The Bertz CT molecular complexity index is 163. The van der Waals surface area contributed by atoms with Gasteiger partial charge < -0.3 is 16.2 Å². The quantitative estimate of drug-likeness (QED) is 0.450. The van der Waals surface area contributed by atoms with Gasteiger partial charge in [0.15, 0.2) is 0 Å². The van der Waals surface area contributed by atoms with Crippen molar-refractivity contribution in [2.75, 3.05) is 32.8 Å². The molecule has 0 spiro atoms. The van der Waals surface area contributed by atoms with Gasteiger partial charge in [-0.25, -0.2) is 0 Å².